The first kappa shape index (κ1) is 16.0. The molecule has 1 aromatic heterocycles. The van der Waals surface area contributed by atoms with Gasteiger partial charge in [0.2, 0.25) is 0 Å². The zero-order chi connectivity index (χ0) is 15.0. The Morgan fingerprint density at radius 3 is 2.16 bits per heavy atom. The summed E-state index contributed by atoms with van der Waals surface area (Å²) in [5, 5.41) is 10.1. The van der Waals surface area contributed by atoms with E-state index >= 15 is 0 Å². The highest BCUT2D eigenvalue weighted by atomic mass is 32.1. The van der Waals surface area contributed by atoms with Crippen LogP contribution in [0.4, 0.5) is 5.13 Å². The van der Waals surface area contributed by atoms with Gasteiger partial charge in [-0.15, -0.1) is 0 Å². The molecule has 4 nitrogen and oxygen atoms in total. The van der Waals surface area contributed by atoms with Crippen molar-refractivity contribution in [2.75, 3.05) is 11.9 Å². The van der Waals surface area contributed by atoms with E-state index in [9.17, 15) is 9.90 Å². The maximum Gasteiger partial charge on any atom is 0.347 e. The third kappa shape index (κ3) is 3.47. The molecule has 1 heterocycles. The molecule has 0 fully saturated rings. The molecule has 108 valence electrons. The maximum absolute atomic E-state index is 11.4. The van der Waals surface area contributed by atoms with Gasteiger partial charge >= 0.3 is 5.97 Å². The van der Waals surface area contributed by atoms with E-state index in [0.717, 1.165) is 5.13 Å². The number of rotatable bonds is 4. The monoisotopic (exact) mass is 284 g/mol. The smallest absolute Gasteiger partial charge is 0.347 e. The molecule has 1 aromatic rings. The van der Waals surface area contributed by atoms with Crippen LogP contribution in [0.3, 0.4) is 0 Å². The molecule has 1 unspecified atom stereocenters. The van der Waals surface area contributed by atoms with Gasteiger partial charge in [0, 0.05) is 18.5 Å². The minimum atomic E-state index is -0.890. The van der Waals surface area contributed by atoms with E-state index in [4.69, 9.17) is 0 Å². The Hall–Kier alpha value is -1.10. The molecular weight excluding hydrogens is 260 g/mol. The summed E-state index contributed by atoms with van der Waals surface area (Å²) in [6.07, 6.45) is 0. The summed E-state index contributed by atoms with van der Waals surface area (Å²) >= 11 is 1.26. The second-order valence-corrected chi connectivity index (χ2v) is 7.30. The molecule has 0 aromatic carbocycles. The SMILES string of the molecule is CC(C)C(C)N(C)c1nc(C(C)(C)C)c(C(=O)O)s1. The summed E-state index contributed by atoms with van der Waals surface area (Å²) in [5.41, 5.74) is 0.410. The number of carboxylic acid groups (broad SMARTS) is 1. The molecule has 0 spiro atoms. The molecule has 5 heteroatoms. The average Bonchev–Trinajstić information content (AvgIpc) is 2.71. The number of carboxylic acids is 1. The van der Waals surface area contributed by atoms with Crippen LogP contribution in [0.15, 0.2) is 0 Å². The van der Waals surface area contributed by atoms with Gasteiger partial charge in [0.05, 0.1) is 5.69 Å². The fraction of sp³-hybridized carbons (Fsp3) is 0.714. The number of aromatic nitrogens is 1. The van der Waals surface area contributed by atoms with E-state index in [1.54, 1.807) is 0 Å². The normalized spacial score (nSPS) is 13.7. The Kier molecular flexibility index (Phi) is 4.61. The van der Waals surface area contributed by atoms with Crippen LogP contribution in [0.2, 0.25) is 0 Å². The van der Waals surface area contributed by atoms with E-state index in [1.807, 2.05) is 27.8 Å². The Morgan fingerprint density at radius 1 is 1.32 bits per heavy atom. The molecule has 0 radical (unpaired) electrons. The molecular formula is C14H24N2O2S. The standard InChI is InChI=1S/C14H24N2O2S/c1-8(2)9(3)16(7)13-15-11(14(4,5)6)10(19-13)12(17)18/h8-9H,1-7H3,(H,17,18). The van der Waals surface area contributed by atoms with Crippen LogP contribution in [0, 0.1) is 5.92 Å². The van der Waals surface area contributed by atoms with Gasteiger partial charge in [0.15, 0.2) is 5.13 Å². The topological polar surface area (TPSA) is 53.4 Å². The van der Waals surface area contributed by atoms with E-state index < -0.39 is 5.97 Å². The first-order chi connectivity index (χ1) is 8.55. The Labute approximate surface area is 119 Å². The van der Waals surface area contributed by atoms with E-state index in [-0.39, 0.29) is 5.41 Å². The molecule has 0 aliphatic rings. The van der Waals surface area contributed by atoms with Crippen molar-refractivity contribution in [2.24, 2.45) is 5.92 Å². The number of hydrogen-bond acceptors (Lipinski definition) is 4. The summed E-state index contributed by atoms with van der Waals surface area (Å²) in [6.45, 7) is 12.4. The number of anilines is 1. The van der Waals surface area contributed by atoms with Crippen molar-refractivity contribution >= 4 is 22.4 Å². The number of hydrogen-bond donors (Lipinski definition) is 1. The fourth-order valence-electron chi connectivity index (χ4n) is 1.73. The molecule has 1 atom stereocenters. The van der Waals surface area contributed by atoms with Crippen molar-refractivity contribution in [3.05, 3.63) is 10.6 Å². The van der Waals surface area contributed by atoms with Gasteiger partial charge in [0.25, 0.3) is 0 Å². The molecule has 0 aliphatic heterocycles. The zero-order valence-electron chi connectivity index (χ0n) is 12.8. The number of aromatic carboxylic acids is 1. The van der Waals surface area contributed by atoms with Crippen molar-refractivity contribution < 1.29 is 9.90 Å². The lowest BCUT2D eigenvalue weighted by atomic mass is 9.91. The Balaban J connectivity index is 3.22. The number of thiazole rings is 1. The second kappa shape index (κ2) is 5.49. The van der Waals surface area contributed by atoms with Gasteiger partial charge in [-0.1, -0.05) is 46.0 Å². The van der Waals surface area contributed by atoms with Crippen LogP contribution in [0.1, 0.15) is 56.9 Å². The minimum absolute atomic E-state index is 0.260. The van der Waals surface area contributed by atoms with Crippen LogP contribution in [0.5, 0.6) is 0 Å². The summed E-state index contributed by atoms with van der Waals surface area (Å²) < 4.78 is 0. The highest BCUT2D eigenvalue weighted by molar-refractivity contribution is 7.17. The summed E-state index contributed by atoms with van der Waals surface area (Å²) in [5.74, 6) is -0.403. The van der Waals surface area contributed by atoms with Crippen molar-refractivity contribution in [3.8, 4) is 0 Å². The molecule has 0 aliphatic carbocycles. The van der Waals surface area contributed by atoms with E-state index in [2.05, 4.69) is 30.7 Å². The third-order valence-corrected chi connectivity index (χ3v) is 4.53. The maximum atomic E-state index is 11.4. The number of carbonyl (C=O) groups is 1. The van der Waals surface area contributed by atoms with Crippen LogP contribution < -0.4 is 4.90 Å². The lowest BCUT2D eigenvalue weighted by Crippen LogP contribution is -2.33. The second-order valence-electron chi connectivity index (χ2n) is 6.32. The van der Waals surface area contributed by atoms with Gasteiger partial charge in [-0.3, -0.25) is 0 Å². The first-order valence-electron chi connectivity index (χ1n) is 6.53. The molecule has 0 bridgehead atoms. The highest BCUT2D eigenvalue weighted by Crippen LogP contribution is 2.34. The van der Waals surface area contributed by atoms with Gasteiger partial charge in [-0.05, 0) is 12.8 Å². The summed E-state index contributed by atoms with van der Waals surface area (Å²) in [7, 11) is 1.97. The van der Waals surface area contributed by atoms with Gasteiger partial charge in [-0.2, -0.15) is 0 Å². The number of nitrogens with zero attached hydrogens (tertiary/aromatic N) is 2. The minimum Gasteiger partial charge on any atom is -0.477 e. The lowest BCUT2D eigenvalue weighted by molar-refractivity contribution is 0.0699. The van der Waals surface area contributed by atoms with Gasteiger partial charge in [-0.25, -0.2) is 9.78 Å². The van der Waals surface area contributed by atoms with Gasteiger partial charge in [0.1, 0.15) is 4.88 Å². The quantitative estimate of drug-likeness (QED) is 0.917. The van der Waals surface area contributed by atoms with Crippen molar-refractivity contribution in [3.63, 3.8) is 0 Å². The summed E-state index contributed by atoms with van der Waals surface area (Å²) in [4.78, 5) is 18.3. The molecule has 0 saturated heterocycles. The average molecular weight is 284 g/mol. The Morgan fingerprint density at radius 2 is 1.84 bits per heavy atom. The van der Waals surface area contributed by atoms with Crippen LogP contribution in [0.25, 0.3) is 0 Å². The highest BCUT2D eigenvalue weighted by Gasteiger charge is 2.29. The van der Waals surface area contributed by atoms with Gasteiger partial charge < -0.3 is 10.0 Å². The van der Waals surface area contributed by atoms with E-state index in [0.29, 0.717) is 22.5 Å². The molecule has 0 saturated carbocycles. The fourth-order valence-corrected chi connectivity index (χ4v) is 2.90. The third-order valence-electron chi connectivity index (χ3n) is 3.40. The molecule has 1 rings (SSSR count). The van der Waals surface area contributed by atoms with Crippen LogP contribution in [-0.2, 0) is 5.41 Å². The predicted octanol–water partition coefficient (Wildman–Crippen LogP) is 3.62. The molecule has 1 N–H and O–H groups in total. The van der Waals surface area contributed by atoms with Crippen LogP contribution in [-0.4, -0.2) is 29.1 Å². The first-order valence-corrected chi connectivity index (χ1v) is 7.34. The molecule has 0 amide bonds. The van der Waals surface area contributed by atoms with Crippen LogP contribution >= 0.6 is 11.3 Å². The molecule has 19 heavy (non-hydrogen) atoms. The lowest BCUT2D eigenvalue weighted by Gasteiger charge is -2.27. The van der Waals surface area contributed by atoms with E-state index in [1.165, 1.54) is 11.3 Å². The Bertz CT molecular complexity index is 461. The largest absolute Gasteiger partial charge is 0.477 e. The summed E-state index contributed by atoms with van der Waals surface area (Å²) in [6, 6.07) is 0.320. The van der Waals surface area contributed by atoms with Crippen molar-refractivity contribution in [1.82, 2.24) is 4.98 Å². The van der Waals surface area contributed by atoms with Crippen molar-refractivity contribution in [2.45, 2.75) is 53.0 Å². The van der Waals surface area contributed by atoms with Crippen molar-refractivity contribution in [1.29, 1.82) is 0 Å². The zero-order valence-corrected chi connectivity index (χ0v) is 13.6. The predicted molar refractivity (Wildman–Crippen MR) is 80.5 cm³/mol.